The van der Waals surface area contributed by atoms with Crippen LogP contribution in [0.3, 0.4) is 0 Å². The van der Waals surface area contributed by atoms with E-state index in [0.29, 0.717) is 0 Å². The Labute approximate surface area is 119 Å². The highest BCUT2D eigenvalue weighted by Gasteiger charge is 2.30. The van der Waals surface area contributed by atoms with Crippen molar-refractivity contribution in [3.63, 3.8) is 0 Å². The van der Waals surface area contributed by atoms with Gasteiger partial charge in [0.05, 0.1) is 0 Å². The molecule has 0 heterocycles. The van der Waals surface area contributed by atoms with Gasteiger partial charge >= 0.3 is 0 Å². The maximum atomic E-state index is 3.61. The monoisotopic (exact) mass is 306 g/mol. The Morgan fingerprint density at radius 2 is 1.83 bits per heavy atom. The first kappa shape index (κ1) is 12.7. The summed E-state index contributed by atoms with van der Waals surface area (Å²) in [5.74, 6) is 2.71. The van der Waals surface area contributed by atoms with Crippen LogP contribution in [0, 0.1) is 11.8 Å². The minimum Gasteiger partial charge on any atom is -0.0584 e. The third-order valence-corrected chi connectivity index (χ3v) is 5.59. The van der Waals surface area contributed by atoms with E-state index in [2.05, 4.69) is 41.1 Å². The van der Waals surface area contributed by atoms with Crippen LogP contribution in [-0.2, 0) is 6.42 Å². The molecule has 0 radical (unpaired) electrons. The molecule has 0 aliphatic heterocycles. The Morgan fingerprint density at radius 3 is 2.61 bits per heavy atom. The highest BCUT2D eigenvalue weighted by Crippen LogP contribution is 2.42. The molecular weight excluding hydrogens is 284 g/mol. The summed E-state index contributed by atoms with van der Waals surface area (Å²) < 4.78 is 1.24. The lowest BCUT2D eigenvalue weighted by molar-refractivity contribution is 0.217. The molecule has 1 saturated carbocycles. The van der Waals surface area contributed by atoms with Gasteiger partial charge in [-0.05, 0) is 53.9 Å². The molecule has 2 aliphatic rings. The summed E-state index contributed by atoms with van der Waals surface area (Å²) in [7, 11) is 0. The summed E-state index contributed by atoms with van der Waals surface area (Å²) in [6.07, 6.45) is 10.1. The Morgan fingerprint density at radius 1 is 1.06 bits per heavy atom. The zero-order valence-corrected chi connectivity index (χ0v) is 12.9. The summed E-state index contributed by atoms with van der Waals surface area (Å²) >= 11 is 3.61. The van der Waals surface area contributed by atoms with Gasteiger partial charge in [0.2, 0.25) is 0 Å². The fourth-order valence-corrected chi connectivity index (χ4v) is 4.50. The molecule has 1 fully saturated rings. The summed E-state index contributed by atoms with van der Waals surface area (Å²) in [6, 6.07) is 6.91. The van der Waals surface area contributed by atoms with E-state index in [1.54, 1.807) is 11.1 Å². The second-order valence-electron chi connectivity index (χ2n) is 6.34. The van der Waals surface area contributed by atoms with Crippen molar-refractivity contribution in [1.29, 1.82) is 0 Å². The first-order valence-corrected chi connectivity index (χ1v) is 8.31. The van der Waals surface area contributed by atoms with Crippen molar-refractivity contribution < 1.29 is 0 Å². The van der Waals surface area contributed by atoms with Gasteiger partial charge in [0.25, 0.3) is 0 Å². The topological polar surface area (TPSA) is 0 Å². The van der Waals surface area contributed by atoms with Gasteiger partial charge in [-0.25, -0.2) is 0 Å². The van der Waals surface area contributed by atoms with Crippen molar-refractivity contribution in [2.75, 3.05) is 0 Å². The van der Waals surface area contributed by atoms with Crippen LogP contribution in [0.2, 0.25) is 0 Å². The predicted octanol–water partition coefficient (Wildman–Crippen LogP) is 5.70. The van der Waals surface area contributed by atoms with Crippen LogP contribution < -0.4 is 0 Å². The lowest BCUT2D eigenvalue weighted by Gasteiger charge is -2.36. The van der Waals surface area contributed by atoms with Crippen LogP contribution in [0.15, 0.2) is 22.7 Å². The Bertz CT molecular complexity index is 418. The first-order valence-electron chi connectivity index (χ1n) is 7.52. The van der Waals surface area contributed by atoms with E-state index in [9.17, 15) is 0 Å². The van der Waals surface area contributed by atoms with Crippen molar-refractivity contribution in [3.05, 3.63) is 33.8 Å². The quantitative estimate of drug-likeness (QED) is 0.624. The number of rotatable bonds is 1. The maximum absolute atomic E-state index is 3.61. The molecule has 2 unspecified atom stereocenters. The average molecular weight is 307 g/mol. The lowest BCUT2D eigenvalue weighted by Crippen LogP contribution is -2.26. The van der Waals surface area contributed by atoms with Crippen LogP contribution in [0.25, 0.3) is 0 Å². The minimum atomic E-state index is 0.748. The summed E-state index contributed by atoms with van der Waals surface area (Å²) in [5.41, 5.74) is 3.21. The Kier molecular flexibility index (Phi) is 3.79. The Balaban J connectivity index is 1.80. The van der Waals surface area contributed by atoms with E-state index in [-0.39, 0.29) is 0 Å². The van der Waals surface area contributed by atoms with E-state index >= 15 is 0 Å². The van der Waals surface area contributed by atoms with Crippen LogP contribution >= 0.6 is 15.9 Å². The highest BCUT2D eigenvalue weighted by atomic mass is 79.9. The van der Waals surface area contributed by atoms with Gasteiger partial charge in [0, 0.05) is 4.47 Å². The maximum Gasteiger partial charge on any atom is 0.0178 e. The largest absolute Gasteiger partial charge is 0.0584 e. The van der Waals surface area contributed by atoms with E-state index < -0.39 is 0 Å². The van der Waals surface area contributed by atoms with Crippen molar-refractivity contribution in [2.45, 2.75) is 57.8 Å². The second-order valence-corrected chi connectivity index (χ2v) is 7.26. The molecule has 1 heteroatoms. The first-order chi connectivity index (χ1) is 8.74. The zero-order chi connectivity index (χ0) is 12.5. The molecule has 18 heavy (non-hydrogen) atoms. The summed E-state index contributed by atoms with van der Waals surface area (Å²) in [4.78, 5) is 0. The van der Waals surface area contributed by atoms with Gasteiger partial charge in [-0.1, -0.05) is 61.0 Å². The van der Waals surface area contributed by atoms with Crippen molar-refractivity contribution in [2.24, 2.45) is 11.8 Å². The van der Waals surface area contributed by atoms with Gasteiger partial charge in [-0.3, -0.25) is 0 Å². The van der Waals surface area contributed by atoms with Crippen LogP contribution in [0.5, 0.6) is 0 Å². The third kappa shape index (κ3) is 2.52. The standard InChI is InChI=1S/C17H23Br/c1-12-9-15(13-5-3-2-4-6-13)10-14-7-8-16(18)11-17(12)14/h7-8,11-13,15H,2-6,9-10H2,1H3. The summed E-state index contributed by atoms with van der Waals surface area (Å²) in [6.45, 7) is 2.42. The second kappa shape index (κ2) is 5.36. The smallest absolute Gasteiger partial charge is 0.0178 e. The van der Waals surface area contributed by atoms with Gasteiger partial charge in [-0.15, -0.1) is 0 Å². The van der Waals surface area contributed by atoms with E-state index in [1.165, 1.54) is 49.4 Å². The molecular formula is C17H23Br. The van der Waals surface area contributed by atoms with Crippen LogP contribution in [0.1, 0.15) is 62.5 Å². The molecule has 0 spiro atoms. The zero-order valence-electron chi connectivity index (χ0n) is 11.3. The highest BCUT2D eigenvalue weighted by molar-refractivity contribution is 9.10. The molecule has 0 N–H and O–H groups in total. The van der Waals surface area contributed by atoms with Crippen LogP contribution in [-0.4, -0.2) is 0 Å². The third-order valence-electron chi connectivity index (χ3n) is 5.09. The minimum absolute atomic E-state index is 0.748. The molecule has 2 atom stereocenters. The number of fused-ring (bicyclic) bond motifs is 1. The van der Waals surface area contributed by atoms with Gasteiger partial charge in [0.1, 0.15) is 0 Å². The summed E-state index contributed by atoms with van der Waals surface area (Å²) in [5, 5.41) is 0. The molecule has 0 bridgehead atoms. The van der Waals surface area contributed by atoms with Crippen molar-refractivity contribution in [1.82, 2.24) is 0 Å². The van der Waals surface area contributed by atoms with Gasteiger partial charge in [0.15, 0.2) is 0 Å². The van der Waals surface area contributed by atoms with Crippen molar-refractivity contribution in [3.8, 4) is 0 Å². The average Bonchev–Trinajstić information content (AvgIpc) is 2.40. The van der Waals surface area contributed by atoms with E-state index in [4.69, 9.17) is 0 Å². The fourth-order valence-electron chi connectivity index (χ4n) is 4.12. The number of hydrogen-bond donors (Lipinski definition) is 0. The SMILES string of the molecule is CC1CC(C2CCCCC2)Cc2ccc(Br)cc21. The molecule has 0 saturated heterocycles. The predicted molar refractivity (Wildman–Crippen MR) is 80.9 cm³/mol. The molecule has 0 amide bonds. The molecule has 98 valence electrons. The number of halogens is 1. The number of hydrogen-bond acceptors (Lipinski definition) is 0. The van der Waals surface area contributed by atoms with Crippen molar-refractivity contribution >= 4 is 15.9 Å². The number of benzene rings is 1. The molecule has 2 aliphatic carbocycles. The van der Waals surface area contributed by atoms with Crippen LogP contribution in [0.4, 0.5) is 0 Å². The van der Waals surface area contributed by atoms with Gasteiger partial charge < -0.3 is 0 Å². The molecule has 1 aromatic carbocycles. The van der Waals surface area contributed by atoms with E-state index in [0.717, 1.165) is 17.8 Å². The Hall–Kier alpha value is -0.300. The normalized spacial score (nSPS) is 29.0. The molecule has 0 nitrogen and oxygen atoms in total. The van der Waals surface area contributed by atoms with E-state index in [1.807, 2.05) is 0 Å². The van der Waals surface area contributed by atoms with Gasteiger partial charge in [-0.2, -0.15) is 0 Å². The molecule has 1 aromatic rings. The molecule has 3 rings (SSSR count). The molecule has 0 aromatic heterocycles. The fraction of sp³-hybridized carbons (Fsp3) is 0.647. The lowest BCUT2D eigenvalue weighted by atomic mass is 9.69.